The molecule has 1 heterocycles. The number of aliphatic imine (C=N–C) groups is 1. The van der Waals surface area contributed by atoms with E-state index in [9.17, 15) is 23.3 Å². The van der Waals surface area contributed by atoms with E-state index in [0.29, 0.717) is 21.3 Å². The van der Waals surface area contributed by atoms with Gasteiger partial charge in [0.15, 0.2) is 5.17 Å². The molecule has 0 aliphatic carbocycles. The summed E-state index contributed by atoms with van der Waals surface area (Å²) in [5.41, 5.74) is 0.811. The van der Waals surface area contributed by atoms with Crippen molar-refractivity contribution in [2.24, 2.45) is 4.99 Å². The molecule has 0 saturated carbocycles. The van der Waals surface area contributed by atoms with Gasteiger partial charge in [0, 0.05) is 21.3 Å². The first-order valence-electron chi connectivity index (χ1n) is 9.54. The molecule has 0 radical (unpaired) electrons. The standard InChI is InChI=1S/C22H14IN3O6S2/c23-15-5-3-6-16(13-15)24-22-25-21(27)20(33-22)12-14-4-1-2-7-19(14)32-34(30,31)18-10-8-17(9-11-18)26(28)29/h1-13H,(H,24,25,27)/b20-12+. The van der Waals surface area contributed by atoms with Gasteiger partial charge in [-0.15, -0.1) is 0 Å². The van der Waals surface area contributed by atoms with E-state index in [-0.39, 0.29) is 22.2 Å². The van der Waals surface area contributed by atoms with Crippen LogP contribution in [-0.4, -0.2) is 24.4 Å². The van der Waals surface area contributed by atoms with Crippen molar-refractivity contribution < 1.29 is 22.3 Å². The first-order valence-corrected chi connectivity index (χ1v) is 12.8. The van der Waals surface area contributed by atoms with Gasteiger partial charge in [0.1, 0.15) is 10.6 Å². The first-order chi connectivity index (χ1) is 16.2. The zero-order valence-corrected chi connectivity index (χ0v) is 20.8. The van der Waals surface area contributed by atoms with Crippen LogP contribution in [0, 0.1) is 13.7 Å². The Kier molecular flexibility index (Phi) is 7.00. The summed E-state index contributed by atoms with van der Waals surface area (Å²) in [5.74, 6) is -0.368. The molecule has 0 aromatic heterocycles. The fourth-order valence-corrected chi connectivity index (χ4v) is 5.17. The van der Waals surface area contributed by atoms with Crippen LogP contribution in [0.2, 0.25) is 0 Å². The van der Waals surface area contributed by atoms with Crippen LogP contribution in [0.5, 0.6) is 5.75 Å². The van der Waals surface area contributed by atoms with Crippen molar-refractivity contribution in [3.8, 4) is 5.75 Å². The monoisotopic (exact) mass is 607 g/mol. The molecule has 1 saturated heterocycles. The summed E-state index contributed by atoms with van der Waals surface area (Å²) in [5, 5.41) is 13.9. The van der Waals surface area contributed by atoms with E-state index < -0.39 is 15.0 Å². The molecule has 172 valence electrons. The third kappa shape index (κ3) is 5.63. The minimum absolute atomic E-state index is 0.00440. The molecule has 1 aliphatic rings. The van der Waals surface area contributed by atoms with Gasteiger partial charge in [-0.25, -0.2) is 4.99 Å². The minimum atomic E-state index is -4.26. The van der Waals surface area contributed by atoms with Gasteiger partial charge in [-0.3, -0.25) is 14.9 Å². The van der Waals surface area contributed by atoms with Gasteiger partial charge in [0.25, 0.3) is 11.6 Å². The molecule has 9 nitrogen and oxygen atoms in total. The Hall–Kier alpha value is -3.23. The smallest absolute Gasteiger partial charge is 0.339 e. The Morgan fingerprint density at radius 1 is 1.06 bits per heavy atom. The second kappa shape index (κ2) is 9.95. The van der Waals surface area contributed by atoms with Crippen LogP contribution in [0.4, 0.5) is 11.4 Å². The fourth-order valence-electron chi connectivity index (χ4n) is 2.86. The van der Waals surface area contributed by atoms with E-state index in [1.165, 1.54) is 12.1 Å². The predicted molar refractivity (Wildman–Crippen MR) is 137 cm³/mol. The number of para-hydroxylation sites is 1. The molecular weight excluding hydrogens is 593 g/mol. The number of amides is 1. The Labute approximate surface area is 212 Å². The van der Waals surface area contributed by atoms with Crippen molar-refractivity contribution in [3.63, 3.8) is 0 Å². The van der Waals surface area contributed by atoms with Gasteiger partial charge in [-0.1, -0.05) is 24.3 Å². The number of carbonyl (C=O) groups excluding carboxylic acids is 1. The Bertz CT molecular complexity index is 1450. The van der Waals surface area contributed by atoms with Crippen molar-refractivity contribution in [2.45, 2.75) is 4.90 Å². The van der Waals surface area contributed by atoms with Crippen molar-refractivity contribution >= 4 is 73.0 Å². The number of non-ortho nitro benzene ring substituents is 1. The number of nitrogens with zero attached hydrogens (tertiary/aromatic N) is 2. The molecule has 4 rings (SSSR count). The van der Waals surface area contributed by atoms with Gasteiger partial charge in [0.05, 0.1) is 15.5 Å². The molecule has 0 atom stereocenters. The highest BCUT2D eigenvalue weighted by Crippen LogP contribution is 2.32. The highest BCUT2D eigenvalue weighted by Gasteiger charge is 2.25. The van der Waals surface area contributed by atoms with Gasteiger partial charge in [-0.2, -0.15) is 8.42 Å². The summed E-state index contributed by atoms with van der Waals surface area (Å²) in [6.45, 7) is 0. The maximum Gasteiger partial charge on any atom is 0.339 e. The van der Waals surface area contributed by atoms with E-state index in [4.69, 9.17) is 4.18 Å². The highest BCUT2D eigenvalue weighted by molar-refractivity contribution is 14.1. The van der Waals surface area contributed by atoms with Gasteiger partial charge < -0.3 is 9.50 Å². The van der Waals surface area contributed by atoms with Gasteiger partial charge >= 0.3 is 10.1 Å². The van der Waals surface area contributed by atoms with E-state index in [0.717, 1.165) is 39.6 Å². The number of hydrogen-bond donors (Lipinski definition) is 1. The predicted octanol–water partition coefficient (Wildman–Crippen LogP) is 4.86. The number of rotatable bonds is 6. The SMILES string of the molecule is O=C1NC(=Nc2cccc(I)c2)S/C1=C/c1ccccc1OS(=O)(=O)c1ccc([N+](=O)[O-])cc1. The molecular formula is C22H14IN3O6S2. The summed E-state index contributed by atoms with van der Waals surface area (Å²) in [6, 6.07) is 18.2. The molecule has 0 unspecified atom stereocenters. The lowest BCUT2D eigenvalue weighted by atomic mass is 10.2. The van der Waals surface area contributed by atoms with E-state index in [1.807, 2.05) is 24.3 Å². The van der Waals surface area contributed by atoms with Crippen molar-refractivity contribution in [3.05, 3.63) is 96.9 Å². The number of hydrogen-bond acceptors (Lipinski definition) is 8. The summed E-state index contributed by atoms with van der Waals surface area (Å²) in [6.07, 6.45) is 1.51. The molecule has 1 fully saturated rings. The van der Waals surface area contributed by atoms with Crippen LogP contribution in [0.3, 0.4) is 0 Å². The topological polar surface area (TPSA) is 128 Å². The summed E-state index contributed by atoms with van der Waals surface area (Å²) < 4.78 is 31.7. The minimum Gasteiger partial charge on any atom is -0.378 e. The van der Waals surface area contributed by atoms with Crippen LogP contribution in [0.15, 0.2) is 87.6 Å². The largest absolute Gasteiger partial charge is 0.378 e. The Morgan fingerprint density at radius 3 is 2.50 bits per heavy atom. The molecule has 0 bridgehead atoms. The quantitative estimate of drug-likeness (QED) is 0.139. The van der Waals surface area contributed by atoms with Gasteiger partial charge in [0.2, 0.25) is 0 Å². The van der Waals surface area contributed by atoms with Crippen LogP contribution in [0.1, 0.15) is 5.56 Å². The van der Waals surface area contributed by atoms with Crippen molar-refractivity contribution in [1.29, 1.82) is 0 Å². The zero-order valence-electron chi connectivity index (χ0n) is 17.0. The zero-order chi connectivity index (χ0) is 24.3. The molecule has 0 spiro atoms. The number of benzene rings is 3. The lowest BCUT2D eigenvalue weighted by Crippen LogP contribution is -2.19. The van der Waals surface area contributed by atoms with Crippen LogP contribution in [-0.2, 0) is 14.9 Å². The molecule has 1 N–H and O–H groups in total. The number of nitro benzene ring substituents is 1. The molecule has 3 aromatic rings. The summed E-state index contributed by atoms with van der Waals surface area (Å²) >= 11 is 3.29. The maximum atomic E-state index is 12.7. The van der Waals surface area contributed by atoms with Crippen LogP contribution in [0.25, 0.3) is 6.08 Å². The van der Waals surface area contributed by atoms with Crippen molar-refractivity contribution in [1.82, 2.24) is 5.32 Å². The normalized spacial score (nSPS) is 16.0. The number of amidine groups is 1. The molecule has 1 aliphatic heterocycles. The average molecular weight is 607 g/mol. The average Bonchev–Trinajstić information content (AvgIpc) is 3.13. The lowest BCUT2D eigenvalue weighted by molar-refractivity contribution is -0.384. The second-order valence-electron chi connectivity index (χ2n) is 6.79. The molecule has 1 amide bonds. The second-order valence-corrected chi connectivity index (χ2v) is 10.6. The van der Waals surface area contributed by atoms with E-state index >= 15 is 0 Å². The highest BCUT2D eigenvalue weighted by atomic mass is 127. The maximum absolute atomic E-state index is 12.7. The number of thioether (sulfide) groups is 1. The van der Waals surface area contributed by atoms with Crippen molar-refractivity contribution in [2.75, 3.05) is 0 Å². The number of nitrogens with one attached hydrogen (secondary N) is 1. The van der Waals surface area contributed by atoms with E-state index in [1.54, 1.807) is 18.2 Å². The fraction of sp³-hybridized carbons (Fsp3) is 0. The lowest BCUT2D eigenvalue weighted by Gasteiger charge is -2.09. The summed E-state index contributed by atoms with van der Waals surface area (Å²) in [4.78, 5) is 27.1. The van der Waals surface area contributed by atoms with Crippen LogP contribution >= 0.6 is 34.4 Å². The molecule has 3 aromatic carbocycles. The van der Waals surface area contributed by atoms with Crippen LogP contribution < -0.4 is 9.50 Å². The summed E-state index contributed by atoms with van der Waals surface area (Å²) in [7, 11) is -4.26. The third-order valence-electron chi connectivity index (χ3n) is 4.43. The number of nitro groups is 1. The van der Waals surface area contributed by atoms with E-state index in [2.05, 4.69) is 32.9 Å². The first kappa shape index (κ1) is 23.9. The molecule has 34 heavy (non-hydrogen) atoms. The van der Waals surface area contributed by atoms with Gasteiger partial charge in [-0.05, 0) is 76.8 Å². The Balaban J connectivity index is 1.59. The molecule has 12 heteroatoms. The third-order valence-corrected chi connectivity index (χ3v) is 7.26. The number of halogens is 1. The Morgan fingerprint density at radius 2 is 1.79 bits per heavy atom. The number of carbonyl (C=O) groups is 1.